The second kappa shape index (κ2) is 8.72. The third kappa shape index (κ3) is 4.76. The molecule has 0 atom stereocenters. The quantitative estimate of drug-likeness (QED) is 0.817. The van der Waals surface area contributed by atoms with Crippen LogP contribution in [0, 0.1) is 13.8 Å². The van der Waals surface area contributed by atoms with Crippen LogP contribution in [0.4, 0.5) is 11.4 Å². The number of rotatable bonds is 6. The maximum atomic E-state index is 12.3. The summed E-state index contributed by atoms with van der Waals surface area (Å²) in [6.45, 7) is 5.55. The topological polar surface area (TPSA) is 58.6 Å². The summed E-state index contributed by atoms with van der Waals surface area (Å²) in [7, 11) is 1.55. The molecule has 0 aliphatic carbocycles. The summed E-state index contributed by atoms with van der Waals surface area (Å²) in [5.41, 5.74) is 3.16. The highest BCUT2D eigenvalue weighted by Crippen LogP contribution is 2.31. The zero-order valence-electron chi connectivity index (χ0n) is 15.4. The van der Waals surface area contributed by atoms with Crippen molar-refractivity contribution >= 4 is 34.8 Å². The lowest BCUT2D eigenvalue weighted by molar-refractivity contribution is -0.117. The summed E-state index contributed by atoms with van der Waals surface area (Å²) < 4.78 is 5.23. The number of nitrogens with zero attached hydrogens (tertiary/aromatic N) is 1. The first-order valence-corrected chi connectivity index (χ1v) is 8.69. The molecule has 1 N–H and O–H groups in total. The number of nitrogens with one attached hydrogen (secondary N) is 1. The first-order valence-electron chi connectivity index (χ1n) is 8.31. The summed E-state index contributed by atoms with van der Waals surface area (Å²) in [6, 6.07) is 11.0. The highest BCUT2D eigenvalue weighted by molar-refractivity contribution is 6.34. The number of ether oxygens (including phenoxy) is 1. The van der Waals surface area contributed by atoms with Gasteiger partial charge in [0, 0.05) is 19.9 Å². The second-order valence-corrected chi connectivity index (χ2v) is 6.49. The number of carbonyl (C=O) groups is 2. The molecule has 6 heteroatoms. The van der Waals surface area contributed by atoms with Crippen molar-refractivity contribution in [2.75, 3.05) is 23.9 Å². The molecule has 0 aliphatic heterocycles. The van der Waals surface area contributed by atoms with Crippen molar-refractivity contribution in [2.24, 2.45) is 0 Å². The molecule has 0 saturated heterocycles. The number of amides is 2. The SMILES string of the molecule is COc1ccccc1NC(=O)CCN(C(C)=O)c1c(C)cc(C)cc1Cl. The van der Waals surface area contributed by atoms with Gasteiger partial charge in [-0.25, -0.2) is 0 Å². The van der Waals surface area contributed by atoms with Gasteiger partial charge in [0.15, 0.2) is 0 Å². The van der Waals surface area contributed by atoms with E-state index in [9.17, 15) is 9.59 Å². The maximum absolute atomic E-state index is 12.3. The van der Waals surface area contributed by atoms with Gasteiger partial charge in [-0.05, 0) is 43.2 Å². The van der Waals surface area contributed by atoms with Gasteiger partial charge >= 0.3 is 0 Å². The molecule has 0 aromatic heterocycles. The summed E-state index contributed by atoms with van der Waals surface area (Å²) >= 11 is 6.35. The molecule has 2 aromatic carbocycles. The van der Waals surface area contributed by atoms with Crippen molar-refractivity contribution in [3.63, 3.8) is 0 Å². The Morgan fingerprint density at radius 1 is 1.19 bits per heavy atom. The number of aryl methyl sites for hydroxylation is 2. The van der Waals surface area contributed by atoms with E-state index in [1.165, 1.54) is 6.92 Å². The minimum Gasteiger partial charge on any atom is -0.495 e. The summed E-state index contributed by atoms with van der Waals surface area (Å²) in [6.07, 6.45) is 0.140. The minimum atomic E-state index is -0.207. The molecule has 0 bridgehead atoms. The lowest BCUT2D eigenvalue weighted by Gasteiger charge is -2.24. The van der Waals surface area contributed by atoms with E-state index in [2.05, 4.69) is 5.32 Å². The van der Waals surface area contributed by atoms with E-state index < -0.39 is 0 Å². The van der Waals surface area contributed by atoms with Gasteiger partial charge in [0.05, 0.1) is 23.5 Å². The van der Waals surface area contributed by atoms with Crippen molar-refractivity contribution in [3.05, 3.63) is 52.5 Å². The van der Waals surface area contributed by atoms with Crippen LogP contribution in [0.2, 0.25) is 5.02 Å². The van der Waals surface area contributed by atoms with Crippen molar-refractivity contribution in [1.29, 1.82) is 0 Å². The Morgan fingerprint density at radius 2 is 1.88 bits per heavy atom. The van der Waals surface area contributed by atoms with Crippen LogP contribution in [0.5, 0.6) is 5.75 Å². The van der Waals surface area contributed by atoms with Crippen LogP contribution in [-0.2, 0) is 9.59 Å². The molecule has 2 amide bonds. The van der Waals surface area contributed by atoms with Gasteiger partial charge in [0.25, 0.3) is 0 Å². The smallest absolute Gasteiger partial charge is 0.226 e. The van der Waals surface area contributed by atoms with E-state index in [0.29, 0.717) is 22.1 Å². The third-order valence-corrected chi connectivity index (χ3v) is 4.28. The van der Waals surface area contributed by atoms with E-state index in [1.54, 1.807) is 24.1 Å². The van der Waals surface area contributed by atoms with Gasteiger partial charge in [0.1, 0.15) is 5.75 Å². The fourth-order valence-corrected chi connectivity index (χ4v) is 3.27. The fourth-order valence-electron chi connectivity index (χ4n) is 2.85. The zero-order valence-corrected chi connectivity index (χ0v) is 16.2. The Hall–Kier alpha value is -2.53. The molecule has 138 valence electrons. The molecule has 26 heavy (non-hydrogen) atoms. The number of methoxy groups -OCH3 is 1. The number of hydrogen-bond donors (Lipinski definition) is 1. The van der Waals surface area contributed by atoms with Crippen LogP contribution in [0.1, 0.15) is 24.5 Å². The molecule has 0 radical (unpaired) electrons. The van der Waals surface area contributed by atoms with E-state index in [4.69, 9.17) is 16.3 Å². The van der Waals surface area contributed by atoms with Crippen LogP contribution in [0.25, 0.3) is 0 Å². The summed E-state index contributed by atoms with van der Waals surface area (Å²) in [5.74, 6) is 0.215. The molecule has 0 aliphatic rings. The number of halogens is 1. The van der Waals surface area contributed by atoms with Crippen molar-refractivity contribution in [1.82, 2.24) is 0 Å². The van der Waals surface area contributed by atoms with Crippen molar-refractivity contribution in [3.8, 4) is 5.75 Å². The average Bonchev–Trinajstić information content (AvgIpc) is 2.57. The monoisotopic (exact) mass is 374 g/mol. The standard InChI is InChI=1S/C20H23ClN2O3/c1-13-11-14(2)20(16(21)12-13)23(15(3)24)10-9-19(25)22-17-7-5-6-8-18(17)26-4/h5-8,11-12H,9-10H2,1-4H3,(H,22,25). The van der Waals surface area contributed by atoms with Crippen LogP contribution in [-0.4, -0.2) is 25.5 Å². The average molecular weight is 375 g/mol. The highest BCUT2D eigenvalue weighted by atomic mass is 35.5. The molecular weight excluding hydrogens is 352 g/mol. The normalized spacial score (nSPS) is 10.3. The fraction of sp³-hybridized carbons (Fsp3) is 0.300. The Kier molecular flexibility index (Phi) is 6.64. The van der Waals surface area contributed by atoms with Crippen LogP contribution in [0.15, 0.2) is 36.4 Å². The molecule has 0 heterocycles. The largest absolute Gasteiger partial charge is 0.495 e. The lowest BCUT2D eigenvalue weighted by Crippen LogP contribution is -2.32. The van der Waals surface area contributed by atoms with Crippen LogP contribution < -0.4 is 15.0 Å². The molecule has 0 fully saturated rings. The molecule has 0 unspecified atom stereocenters. The Labute approximate surface area is 158 Å². The van der Waals surface area contributed by atoms with E-state index in [0.717, 1.165) is 11.1 Å². The molecule has 5 nitrogen and oxygen atoms in total. The summed E-state index contributed by atoms with van der Waals surface area (Å²) in [4.78, 5) is 26.0. The maximum Gasteiger partial charge on any atom is 0.226 e. The van der Waals surface area contributed by atoms with E-state index >= 15 is 0 Å². The molecular formula is C20H23ClN2O3. The van der Waals surface area contributed by atoms with Gasteiger partial charge in [0.2, 0.25) is 11.8 Å². The highest BCUT2D eigenvalue weighted by Gasteiger charge is 2.19. The molecule has 2 aromatic rings. The van der Waals surface area contributed by atoms with E-state index in [-0.39, 0.29) is 24.8 Å². The van der Waals surface area contributed by atoms with Gasteiger partial charge < -0.3 is 15.0 Å². The van der Waals surface area contributed by atoms with Crippen molar-refractivity contribution < 1.29 is 14.3 Å². The Morgan fingerprint density at radius 3 is 2.50 bits per heavy atom. The second-order valence-electron chi connectivity index (χ2n) is 6.08. The molecule has 0 spiro atoms. The number of carbonyl (C=O) groups excluding carboxylic acids is 2. The van der Waals surface area contributed by atoms with Gasteiger partial charge in [-0.3, -0.25) is 9.59 Å². The Bertz CT molecular complexity index is 797. The van der Waals surface area contributed by atoms with Crippen LogP contribution >= 0.6 is 11.6 Å². The number of benzene rings is 2. The molecule has 2 rings (SSSR count). The predicted molar refractivity (Wildman–Crippen MR) is 105 cm³/mol. The predicted octanol–water partition coefficient (Wildman–Crippen LogP) is 4.35. The lowest BCUT2D eigenvalue weighted by atomic mass is 10.1. The first kappa shape index (κ1) is 19.8. The summed E-state index contributed by atoms with van der Waals surface area (Å²) in [5, 5.41) is 3.31. The Balaban J connectivity index is 2.12. The van der Waals surface area contributed by atoms with Gasteiger partial charge in [-0.1, -0.05) is 29.8 Å². The van der Waals surface area contributed by atoms with Gasteiger partial charge in [-0.2, -0.15) is 0 Å². The van der Waals surface area contributed by atoms with E-state index in [1.807, 2.05) is 38.1 Å². The minimum absolute atomic E-state index is 0.140. The third-order valence-electron chi connectivity index (χ3n) is 3.99. The van der Waals surface area contributed by atoms with Crippen LogP contribution in [0.3, 0.4) is 0 Å². The van der Waals surface area contributed by atoms with Crippen molar-refractivity contribution in [2.45, 2.75) is 27.2 Å². The first-order chi connectivity index (χ1) is 12.3. The van der Waals surface area contributed by atoms with Gasteiger partial charge in [-0.15, -0.1) is 0 Å². The number of hydrogen-bond acceptors (Lipinski definition) is 3. The number of anilines is 2. The zero-order chi connectivity index (χ0) is 19.3. The number of para-hydroxylation sites is 2. The molecule has 0 saturated carbocycles.